The molecule has 1 aromatic carbocycles. The fourth-order valence-electron chi connectivity index (χ4n) is 1.92. The van der Waals surface area contributed by atoms with E-state index in [0.29, 0.717) is 15.0 Å². The Morgan fingerprint density at radius 3 is 2.25 bits per heavy atom. The van der Waals surface area contributed by atoms with Gasteiger partial charge in [0.05, 0.1) is 16.3 Å². The van der Waals surface area contributed by atoms with Gasteiger partial charge in [-0.1, -0.05) is 10.6 Å². The average molecular weight is 386 g/mol. The van der Waals surface area contributed by atoms with Crippen molar-refractivity contribution < 1.29 is 16.8 Å². The number of hydrogen-bond acceptors (Lipinski definition) is 8. The molecule has 128 valence electrons. The molecule has 0 aliphatic heterocycles. The van der Waals surface area contributed by atoms with Crippen LogP contribution in [0.5, 0.6) is 0 Å². The van der Waals surface area contributed by atoms with E-state index in [-0.39, 0.29) is 31.9 Å². The Kier molecular flexibility index (Phi) is 4.86. The molecule has 0 amide bonds. The van der Waals surface area contributed by atoms with Gasteiger partial charge in [-0.05, 0) is 30.3 Å². The molecule has 0 aliphatic rings. The maximum Gasteiger partial charge on any atom is 0.265 e. The van der Waals surface area contributed by atoms with E-state index in [2.05, 4.69) is 0 Å². The third kappa shape index (κ3) is 3.09. The highest BCUT2D eigenvalue weighted by Gasteiger charge is 2.36. The van der Waals surface area contributed by atoms with Gasteiger partial charge in [0.25, 0.3) is 20.0 Å². The minimum absolute atomic E-state index is 0.0346. The molecule has 2 aromatic rings. The monoisotopic (exact) mass is 386 g/mol. The molecule has 0 saturated heterocycles. The highest BCUT2D eigenvalue weighted by atomic mass is 32.3. The highest BCUT2D eigenvalue weighted by molar-refractivity contribution is 8.05. The zero-order valence-corrected chi connectivity index (χ0v) is 15.0. The van der Waals surface area contributed by atoms with Crippen molar-refractivity contribution >= 4 is 42.8 Å². The maximum atomic E-state index is 12.7. The predicted molar refractivity (Wildman–Crippen MR) is 91.1 cm³/mol. The maximum absolute atomic E-state index is 12.7. The van der Waals surface area contributed by atoms with Gasteiger partial charge in [0.2, 0.25) is 0 Å². The SMILES string of the molecule is CCN(S(=O)(=O)c1ccc(N)c(N)c1)S(=O)(=O)c1ccc(C#N)s1. The van der Waals surface area contributed by atoms with E-state index in [1.54, 1.807) is 0 Å². The van der Waals surface area contributed by atoms with Crippen LogP contribution in [0.4, 0.5) is 11.4 Å². The molecular formula is C13H14N4O4S3. The first-order chi connectivity index (χ1) is 11.1. The molecule has 4 N–H and O–H groups in total. The normalized spacial score (nSPS) is 12.2. The molecule has 1 heterocycles. The van der Waals surface area contributed by atoms with Gasteiger partial charge in [-0.15, -0.1) is 11.3 Å². The van der Waals surface area contributed by atoms with E-state index in [9.17, 15) is 16.8 Å². The van der Waals surface area contributed by atoms with Gasteiger partial charge in [0.1, 0.15) is 15.2 Å². The Morgan fingerprint density at radius 2 is 1.75 bits per heavy atom. The van der Waals surface area contributed by atoms with Gasteiger partial charge >= 0.3 is 0 Å². The van der Waals surface area contributed by atoms with Crippen molar-refractivity contribution in [2.75, 3.05) is 18.0 Å². The number of benzene rings is 1. The number of anilines is 2. The molecule has 0 atom stereocenters. The van der Waals surface area contributed by atoms with Gasteiger partial charge < -0.3 is 11.5 Å². The van der Waals surface area contributed by atoms with E-state index in [1.165, 1.54) is 31.2 Å². The topological polar surface area (TPSA) is 147 Å². The van der Waals surface area contributed by atoms with E-state index >= 15 is 0 Å². The Morgan fingerprint density at radius 1 is 1.08 bits per heavy atom. The van der Waals surface area contributed by atoms with Crippen LogP contribution >= 0.6 is 11.3 Å². The number of nitrogens with zero attached hydrogens (tertiary/aromatic N) is 2. The molecule has 11 heteroatoms. The molecule has 0 spiro atoms. The third-order valence-corrected chi connectivity index (χ3v) is 9.02. The third-order valence-electron chi connectivity index (χ3n) is 3.10. The summed E-state index contributed by atoms with van der Waals surface area (Å²) in [7, 11) is -8.69. The van der Waals surface area contributed by atoms with Crippen LogP contribution in [0, 0.1) is 11.3 Å². The minimum Gasteiger partial charge on any atom is -0.397 e. The highest BCUT2D eigenvalue weighted by Crippen LogP contribution is 2.30. The zero-order chi connectivity index (χ0) is 18.1. The van der Waals surface area contributed by atoms with Gasteiger partial charge in [0, 0.05) is 6.54 Å². The first-order valence-corrected chi connectivity index (χ1v) is 10.3. The van der Waals surface area contributed by atoms with Crippen molar-refractivity contribution in [3.63, 3.8) is 0 Å². The van der Waals surface area contributed by atoms with Gasteiger partial charge in [0.15, 0.2) is 0 Å². The lowest BCUT2D eigenvalue weighted by Gasteiger charge is -2.20. The molecular weight excluding hydrogens is 372 g/mol. The molecule has 0 radical (unpaired) electrons. The summed E-state index contributed by atoms with van der Waals surface area (Å²) in [6.45, 7) is 1.09. The first-order valence-electron chi connectivity index (χ1n) is 6.57. The van der Waals surface area contributed by atoms with Crippen molar-refractivity contribution in [2.24, 2.45) is 0 Å². The quantitative estimate of drug-likeness (QED) is 0.733. The zero-order valence-electron chi connectivity index (χ0n) is 12.5. The van der Waals surface area contributed by atoms with Crippen LogP contribution in [0.2, 0.25) is 0 Å². The molecule has 0 saturated carbocycles. The van der Waals surface area contributed by atoms with Crippen LogP contribution in [0.15, 0.2) is 39.4 Å². The minimum atomic E-state index is -4.36. The summed E-state index contributed by atoms with van der Waals surface area (Å²) >= 11 is 0.701. The van der Waals surface area contributed by atoms with Crippen molar-refractivity contribution in [2.45, 2.75) is 16.0 Å². The summed E-state index contributed by atoms with van der Waals surface area (Å²) in [6, 6.07) is 7.93. The lowest BCUT2D eigenvalue weighted by Crippen LogP contribution is -2.36. The fraction of sp³-hybridized carbons (Fsp3) is 0.154. The van der Waals surface area contributed by atoms with Gasteiger partial charge in [-0.2, -0.15) is 5.26 Å². The van der Waals surface area contributed by atoms with Crippen LogP contribution in [0.1, 0.15) is 11.8 Å². The number of rotatable bonds is 5. The number of nitrogens with two attached hydrogens (primary N) is 2. The Hall–Kier alpha value is -2.13. The van der Waals surface area contributed by atoms with Crippen LogP contribution < -0.4 is 11.5 Å². The van der Waals surface area contributed by atoms with Crippen LogP contribution in [0.25, 0.3) is 0 Å². The standard InChI is InChI=1S/C13H14N4O4S3/c1-2-17(24(20,21)13-6-3-9(8-14)22-13)23(18,19)10-4-5-11(15)12(16)7-10/h3-7H,2,15-16H2,1H3. The van der Waals surface area contributed by atoms with E-state index in [0.717, 1.165) is 6.07 Å². The lowest BCUT2D eigenvalue weighted by molar-refractivity contribution is 0.507. The number of hydrogen-bond donors (Lipinski definition) is 2. The van der Waals surface area contributed by atoms with Crippen molar-refractivity contribution in [1.29, 1.82) is 5.26 Å². The molecule has 8 nitrogen and oxygen atoms in total. The molecule has 24 heavy (non-hydrogen) atoms. The smallest absolute Gasteiger partial charge is 0.265 e. The van der Waals surface area contributed by atoms with Crippen molar-refractivity contribution in [3.8, 4) is 6.07 Å². The Labute approximate surface area is 144 Å². The molecule has 2 rings (SSSR count). The Balaban J connectivity index is 2.57. The molecule has 0 bridgehead atoms. The summed E-state index contributed by atoms with van der Waals surface area (Å²) in [5.74, 6) is 0. The van der Waals surface area contributed by atoms with Gasteiger partial charge in [-0.25, -0.2) is 16.8 Å². The molecule has 0 fully saturated rings. The summed E-state index contributed by atoms with van der Waals surface area (Å²) in [4.78, 5) is -0.115. The summed E-state index contributed by atoms with van der Waals surface area (Å²) in [5, 5.41) is 8.81. The molecule has 1 aromatic heterocycles. The number of sulfonamides is 2. The molecule has 0 aliphatic carbocycles. The van der Waals surface area contributed by atoms with E-state index < -0.39 is 20.0 Å². The van der Waals surface area contributed by atoms with Crippen LogP contribution in [-0.4, -0.2) is 27.1 Å². The van der Waals surface area contributed by atoms with Crippen molar-refractivity contribution in [1.82, 2.24) is 3.71 Å². The number of nitriles is 1. The summed E-state index contributed by atoms with van der Waals surface area (Å²) in [5.41, 5.74) is 11.4. The predicted octanol–water partition coefficient (Wildman–Crippen LogP) is 1.18. The number of thiophene rings is 1. The fourth-order valence-corrected chi connectivity index (χ4v) is 6.96. The Bertz CT molecular complexity index is 1020. The largest absolute Gasteiger partial charge is 0.397 e. The van der Waals surface area contributed by atoms with Gasteiger partial charge in [-0.3, -0.25) is 0 Å². The average Bonchev–Trinajstić information content (AvgIpc) is 2.99. The van der Waals surface area contributed by atoms with E-state index in [4.69, 9.17) is 16.7 Å². The first kappa shape index (κ1) is 18.2. The van der Waals surface area contributed by atoms with Crippen LogP contribution in [0.3, 0.4) is 0 Å². The molecule has 0 unspecified atom stereocenters. The second kappa shape index (κ2) is 6.40. The summed E-state index contributed by atoms with van der Waals surface area (Å²) in [6.07, 6.45) is 0. The number of nitrogen functional groups attached to an aromatic ring is 2. The second-order valence-corrected chi connectivity index (χ2v) is 9.89. The van der Waals surface area contributed by atoms with Crippen LogP contribution in [-0.2, 0) is 20.0 Å². The summed E-state index contributed by atoms with van der Waals surface area (Å²) < 4.78 is 50.9. The van der Waals surface area contributed by atoms with Crippen molar-refractivity contribution in [3.05, 3.63) is 35.2 Å². The van der Waals surface area contributed by atoms with E-state index in [1.807, 2.05) is 6.07 Å². The second-order valence-electron chi connectivity index (χ2n) is 4.62. The lowest BCUT2D eigenvalue weighted by atomic mass is 10.3.